The summed E-state index contributed by atoms with van der Waals surface area (Å²) in [4.78, 5) is 26.1. The Balaban J connectivity index is 2.05. The fourth-order valence-corrected chi connectivity index (χ4v) is 2.37. The molecule has 0 unspecified atom stereocenters. The minimum absolute atomic E-state index is 0.201. The molecule has 2 aromatic carbocycles. The zero-order valence-corrected chi connectivity index (χ0v) is 15.5. The number of hydrogen-bond donors (Lipinski definition) is 0. The van der Waals surface area contributed by atoms with E-state index in [1.165, 1.54) is 11.0 Å². The van der Waals surface area contributed by atoms with E-state index in [-0.39, 0.29) is 12.1 Å². The lowest BCUT2D eigenvalue weighted by molar-refractivity contribution is -0.143. The van der Waals surface area contributed by atoms with Crippen LogP contribution in [0.4, 0.5) is 5.69 Å². The molecule has 0 aliphatic rings. The molecular formula is C22H20N2O4. The summed E-state index contributed by atoms with van der Waals surface area (Å²) < 4.78 is 10.1. The van der Waals surface area contributed by atoms with Crippen LogP contribution in [-0.4, -0.2) is 32.1 Å². The standard InChI is InChI=1S/C22H20N2O4/c1-3-13-24(19-7-5-4-6-8-19)21(25)16-28-22(26)18(15-23)14-17-9-11-20(27-2)12-10-17/h3-12,14H,1,13,16H2,2H3/b18-14+. The van der Waals surface area contributed by atoms with Gasteiger partial charge in [0, 0.05) is 12.2 Å². The number of ether oxygens (including phenoxy) is 2. The number of methoxy groups -OCH3 is 1. The molecule has 6 heteroatoms. The van der Waals surface area contributed by atoms with Crippen molar-refractivity contribution in [1.29, 1.82) is 5.26 Å². The van der Waals surface area contributed by atoms with Crippen molar-refractivity contribution in [2.75, 3.05) is 25.2 Å². The number of rotatable bonds is 8. The number of hydrogen-bond acceptors (Lipinski definition) is 5. The van der Waals surface area contributed by atoms with E-state index in [1.54, 1.807) is 67.8 Å². The van der Waals surface area contributed by atoms with Crippen molar-refractivity contribution in [2.24, 2.45) is 0 Å². The molecule has 28 heavy (non-hydrogen) atoms. The van der Waals surface area contributed by atoms with E-state index >= 15 is 0 Å². The van der Waals surface area contributed by atoms with Crippen molar-refractivity contribution in [3.8, 4) is 11.8 Å². The van der Waals surface area contributed by atoms with Crippen LogP contribution in [0.15, 0.2) is 72.8 Å². The summed E-state index contributed by atoms with van der Waals surface area (Å²) >= 11 is 0. The predicted octanol–water partition coefficient (Wildman–Crippen LogP) is 3.36. The van der Waals surface area contributed by atoms with Gasteiger partial charge in [0.1, 0.15) is 17.4 Å². The van der Waals surface area contributed by atoms with E-state index in [2.05, 4.69) is 6.58 Å². The monoisotopic (exact) mass is 376 g/mol. The molecule has 0 aliphatic heterocycles. The highest BCUT2D eigenvalue weighted by Gasteiger charge is 2.18. The maximum Gasteiger partial charge on any atom is 0.349 e. The van der Waals surface area contributed by atoms with Gasteiger partial charge in [-0.3, -0.25) is 4.79 Å². The van der Waals surface area contributed by atoms with Gasteiger partial charge in [-0.15, -0.1) is 6.58 Å². The molecule has 0 fully saturated rings. The highest BCUT2D eigenvalue weighted by Crippen LogP contribution is 2.15. The Kier molecular flexibility index (Phi) is 7.55. The molecule has 2 aromatic rings. The Morgan fingerprint density at radius 1 is 1.14 bits per heavy atom. The lowest BCUT2D eigenvalue weighted by Crippen LogP contribution is -2.35. The molecule has 1 amide bonds. The largest absolute Gasteiger partial charge is 0.497 e. The number of amides is 1. The second kappa shape index (κ2) is 10.3. The Hall–Kier alpha value is -3.85. The predicted molar refractivity (Wildman–Crippen MR) is 107 cm³/mol. The summed E-state index contributed by atoms with van der Waals surface area (Å²) in [5.41, 5.74) is 1.10. The molecule has 0 N–H and O–H groups in total. The normalized spacial score (nSPS) is 10.5. The van der Waals surface area contributed by atoms with E-state index in [1.807, 2.05) is 6.07 Å². The van der Waals surface area contributed by atoms with E-state index in [4.69, 9.17) is 9.47 Å². The van der Waals surface area contributed by atoms with E-state index in [9.17, 15) is 14.9 Å². The van der Waals surface area contributed by atoms with E-state index in [0.717, 1.165) is 0 Å². The molecule has 0 spiro atoms. The highest BCUT2D eigenvalue weighted by atomic mass is 16.5. The first-order valence-corrected chi connectivity index (χ1v) is 8.48. The fraction of sp³-hybridized carbons (Fsp3) is 0.136. The Morgan fingerprint density at radius 2 is 1.82 bits per heavy atom. The molecule has 2 rings (SSSR count). The number of esters is 1. The maximum absolute atomic E-state index is 12.5. The first-order chi connectivity index (χ1) is 13.6. The lowest BCUT2D eigenvalue weighted by Gasteiger charge is -2.21. The first kappa shape index (κ1) is 20.5. The lowest BCUT2D eigenvalue weighted by atomic mass is 10.1. The van der Waals surface area contributed by atoms with Crippen LogP contribution in [-0.2, 0) is 14.3 Å². The van der Waals surface area contributed by atoms with Gasteiger partial charge in [0.05, 0.1) is 7.11 Å². The molecule has 142 valence electrons. The molecule has 6 nitrogen and oxygen atoms in total. The highest BCUT2D eigenvalue weighted by molar-refractivity contribution is 6.00. The van der Waals surface area contributed by atoms with Crippen molar-refractivity contribution >= 4 is 23.6 Å². The minimum Gasteiger partial charge on any atom is -0.497 e. The summed E-state index contributed by atoms with van der Waals surface area (Å²) in [7, 11) is 1.55. The molecule has 0 bridgehead atoms. The average molecular weight is 376 g/mol. The van der Waals surface area contributed by atoms with Crippen LogP contribution in [0, 0.1) is 11.3 Å². The summed E-state index contributed by atoms with van der Waals surface area (Å²) in [6, 6.07) is 17.6. The number of para-hydroxylation sites is 1. The van der Waals surface area contributed by atoms with Crippen molar-refractivity contribution in [1.82, 2.24) is 0 Å². The first-order valence-electron chi connectivity index (χ1n) is 8.48. The molecule has 0 aliphatic carbocycles. The molecule has 0 atom stereocenters. The van der Waals surface area contributed by atoms with Crippen LogP contribution in [0.25, 0.3) is 6.08 Å². The smallest absolute Gasteiger partial charge is 0.349 e. The summed E-state index contributed by atoms with van der Waals surface area (Å²) in [5.74, 6) is -0.619. The Labute approximate surface area is 163 Å². The molecule has 0 saturated heterocycles. The van der Waals surface area contributed by atoms with Gasteiger partial charge in [0.15, 0.2) is 6.61 Å². The maximum atomic E-state index is 12.5. The summed E-state index contributed by atoms with van der Waals surface area (Å²) in [5, 5.41) is 9.24. The van der Waals surface area contributed by atoms with Gasteiger partial charge < -0.3 is 14.4 Å². The molecule has 0 saturated carbocycles. The number of benzene rings is 2. The van der Waals surface area contributed by atoms with Gasteiger partial charge in [-0.05, 0) is 35.9 Å². The molecular weight excluding hydrogens is 356 g/mol. The van der Waals surface area contributed by atoms with Gasteiger partial charge >= 0.3 is 5.97 Å². The van der Waals surface area contributed by atoms with Crippen LogP contribution < -0.4 is 9.64 Å². The van der Waals surface area contributed by atoms with E-state index in [0.29, 0.717) is 17.0 Å². The van der Waals surface area contributed by atoms with Crippen LogP contribution in [0.1, 0.15) is 5.56 Å². The van der Waals surface area contributed by atoms with Crippen LogP contribution in [0.3, 0.4) is 0 Å². The molecule has 0 radical (unpaired) electrons. The van der Waals surface area contributed by atoms with Crippen LogP contribution in [0.2, 0.25) is 0 Å². The van der Waals surface area contributed by atoms with Crippen molar-refractivity contribution in [3.05, 3.63) is 78.4 Å². The summed E-state index contributed by atoms with van der Waals surface area (Å²) in [6.07, 6.45) is 2.97. The number of nitriles is 1. The fourth-order valence-electron chi connectivity index (χ4n) is 2.37. The minimum atomic E-state index is -0.863. The number of anilines is 1. The zero-order chi connectivity index (χ0) is 20.4. The molecule has 0 heterocycles. The third-order valence-electron chi connectivity index (χ3n) is 3.77. The van der Waals surface area contributed by atoms with Gasteiger partial charge in [-0.25, -0.2) is 4.79 Å². The van der Waals surface area contributed by atoms with Gasteiger partial charge in [-0.2, -0.15) is 5.26 Å². The zero-order valence-electron chi connectivity index (χ0n) is 15.5. The second-order valence-corrected chi connectivity index (χ2v) is 5.65. The topological polar surface area (TPSA) is 79.6 Å². The van der Waals surface area contributed by atoms with Crippen molar-refractivity contribution < 1.29 is 19.1 Å². The van der Waals surface area contributed by atoms with Crippen LogP contribution in [0.5, 0.6) is 5.75 Å². The third-order valence-corrected chi connectivity index (χ3v) is 3.77. The SMILES string of the molecule is C=CCN(C(=O)COC(=O)/C(C#N)=C/c1ccc(OC)cc1)c1ccccc1. The van der Waals surface area contributed by atoms with Gasteiger partial charge in [-0.1, -0.05) is 36.4 Å². The Bertz CT molecular complexity index is 896. The average Bonchev–Trinajstić information content (AvgIpc) is 2.74. The second-order valence-electron chi connectivity index (χ2n) is 5.65. The van der Waals surface area contributed by atoms with Gasteiger partial charge in [0.25, 0.3) is 5.91 Å². The van der Waals surface area contributed by atoms with E-state index < -0.39 is 18.5 Å². The quantitative estimate of drug-likeness (QED) is 0.305. The third kappa shape index (κ3) is 5.58. The van der Waals surface area contributed by atoms with Crippen molar-refractivity contribution in [2.45, 2.75) is 0 Å². The number of nitrogens with zero attached hydrogens (tertiary/aromatic N) is 2. The number of carbonyl (C=O) groups is 2. The number of carbonyl (C=O) groups excluding carboxylic acids is 2. The van der Waals surface area contributed by atoms with Crippen LogP contribution >= 0.6 is 0 Å². The van der Waals surface area contributed by atoms with Crippen molar-refractivity contribution in [3.63, 3.8) is 0 Å². The molecule has 0 aromatic heterocycles. The summed E-state index contributed by atoms with van der Waals surface area (Å²) in [6.45, 7) is 3.43. The van der Waals surface area contributed by atoms with Gasteiger partial charge in [0.2, 0.25) is 0 Å². The Morgan fingerprint density at radius 3 is 2.39 bits per heavy atom.